The number of carboxylic acid groups (broad SMARTS) is 1. The van der Waals surface area contributed by atoms with E-state index in [0.717, 1.165) is 11.3 Å². The SMILES string of the molecule is Cc1c(CC(=O)O)nc(-c2ccc(F)cc2)n1C. The summed E-state index contributed by atoms with van der Waals surface area (Å²) in [7, 11) is 1.81. The average Bonchev–Trinajstić information content (AvgIpc) is 2.58. The van der Waals surface area contributed by atoms with Gasteiger partial charge in [0, 0.05) is 18.3 Å². The Labute approximate surface area is 104 Å². The highest BCUT2D eigenvalue weighted by molar-refractivity contribution is 5.70. The molecular formula is C13H13FN2O2. The summed E-state index contributed by atoms with van der Waals surface area (Å²) in [5, 5.41) is 8.80. The maximum absolute atomic E-state index is 12.9. The first-order chi connectivity index (χ1) is 8.49. The first-order valence-corrected chi connectivity index (χ1v) is 5.49. The van der Waals surface area contributed by atoms with Crippen molar-refractivity contribution >= 4 is 5.97 Å². The van der Waals surface area contributed by atoms with Gasteiger partial charge in [-0.05, 0) is 31.2 Å². The van der Waals surface area contributed by atoms with Gasteiger partial charge in [0.2, 0.25) is 0 Å². The quantitative estimate of drug-likeness (QED) is 0.905. The van der Waals surface area contributed by atoms with Gasteiger partial charge in [0.15, 0.2) is 0 Å². The van der Waals surface area contributed by atoms with E-state index in [-0.39, 0.29) is 12.2 Å². The van der Waals surface area contributed by atoms with Crippen molar-refractivity contribution in [3.63, 3.8) is 0 Å². The highest BCUT2D eigenvalue weighted by Crippen LogP contribution is 2.21. The summed E-state index contributed by atoms with van der Waals surface area (Å²) in [5.41, 5.74) is 2.10. The Morgan fingerprint density at radius 3 is 2.56 bits per heavy atom. The van der Waals surface area contributed by atoms with Gasteiger partial charge in [0.25, 0.3) is 0 Å². The van der Waals surface area contributed by atoms with Gasteiger partial charge >= 0.3 is 5.97 Å². The second-order valence-electron chi connectivity index (χ2n) is 4.10. The normalized spacial score (nSPS) is 10.6. The Kier molecular flexibility index (Phi) is 3.14. The van der Waals surface area contributed by atoms with Gasteiger partial charge in [-0.1, -0.05) is 0 Å². The van der Waals surface area contributed by atoms with Gasteiger partial charge in [-0.3, -0.25) is 4.79 Å². The number of carbonyl (C=O) groups is 1. The predicted molar refractivity (Wildman–Crippen MR) is 64.7 cm³/mol. The third-order valence-corrected chi connectivity index (χ3v) is 2.90. The second-order valence-corrected chi connectivity index (χ2v) is 4.10. The summed E-state index contributed by atoms with van der Waals surface area (Å²) in [6.45, 7) is 1.82. The zero-order chi connectivity index (χ0) is 13.3. The van der Waals surface area contributed by atoms with Crippen molar-refractivity contribution in [2.75, 3.05) is 0 Å². The number of imidazole rings is 1. The summed E-state index contributed by atoms with van der Waals surface area (Å²) >= 11 is 0. The van der Waals surface area contributed by atoms with Crippen LogP contribution in [0.4, 0.5) is 4.39 Å². The number of aliphatic carboxylic acids is 1. The molecule has 1 aromatic heterocycles. The Bertz CT molecular complexity index is 588. The smallest absolute Gasteiger partial charge is 0.309 e. The summed E-state index contributed by atoms with van der Waals surface area (Å²) in [6, 6.07) is 5.97. The van der Waals surface area contributed by atoms with Crippen LogP contribution in [0.5, 0.6) is 0 Å². The minimum Gasteiger partial charge on any atom is -0.481 e. The summed E-state index contributed by atoms with van der Waals surface area (Å²) in [4.78, 5) is 15.0. The lowest BCUT2D eigenvalue weighted by Gasteiger charge is -2.02. The van der Waals surface area contributed by atoms with Crippen molar-refractivity contribution in [1.82, 2.24) is 9.55 Å². The largest absolute Gasteiger partial charge is 0.481 e. The number of hydrogen-bond acceptors (Lipinski definition) is 2. The maximum Gasteiger partial charge on any atom is 0.309 e. The molecule has 94 valence electrons. The van der Waals surface area contributed by atoms with Crippen LogP contribution in [0.25, 0.3) is 11.4 Å². The lowest BCUT2D eigenvalue weighted by atomic mass is 10.2. The molecule has 0 aliphatic rings. The summed E-state index contributed by atoms with van der Waals surface area (Å²) < 4.78 is 14.7. The number of rotatable bonds is 3. The van der Waals surface area contributed by atoms with Crippen molar-refractivity contribution < 1.29 is 14.3 Å². The van der Waals surface area contributed by atoms with Crippen LogP contribution >= 0.6 is 0 Å². The molecule has 5 heteroatoms. The fourth-order valence-corrected chi connectivity index (χ4v) is 1.80. The molecule has 0 saturated carbocycles. The molecule has 0 aliphatic carbocycles. The van der Waals surface area contributed by atoms with Crippen LogP contribution in [0.1, 0.15) is 11.4 Å². The van der Waals surface area contributed by atoms with E-state index in [1.807, 2.05) is 18.5 Å². The van der Waals surface area contributed by atoms with E-state index in [2.05, 4.69) is 4.98 Å². The molecule has 0 bridgehead atoms. The molecule has 2 aromatic rings. The van der Waals surface area contributed by atoms with Crippen LogP contribution in [0.2, 0.25) is 0 Å². The fourth-order valence-electron chi connectivity index (χ4n) is 1.80. The van der Waals surface area contributed by atoms with Crippen LogP contribution in [0, 0.1) is 12.7 Å². The molecule has 0 radical (unpaired) electrons. The van der Waals surface area contributed by atoms with Crippen molar-refractivity contribution in [1.29, 1.82) is 0 Å². The van der Waals surface area contributed by atoms with Crippen LogP contribution < -0.4 is 0 Å². The molecule has 4 nitrogen and oxygen atoms in total. The minimum absolute atomic E-state index is 0.110. The van der Waals surface area contributed by atoms with Crippen LogP contribution in [-0.4, -0.2) is 20.6 Å². The van der Waals surface area contributed by atoms with E-state index in [4.69, 9.17) is 5.11 Å². The molecular weight excluding hydrogens is 235 g/mol. The molecule has 0 spiro atoms. The van der Waals surface area contributed by atoms with Crippen LogP contribution in [0.15, 0.2) is 24.3 Å². The van der Waals surface area contributed by atoms with Crippen molar-refractivity contribution in [3.05, 3.63) is 41.5 Å². The summed E-state index contributed by atoms with van der Waals surface area (Å²) in [6.07, 6.45) is -0.110. The van der Waals surface area contributed by atoms with Crippen molar-refractivity contribution in [2.45, 2.75) is 13.3 Å². The summed E-state index contributed by atoms with van der Waals surface area (Å²) in [5.74, 6) is -0.582. The minimum atomic E-state index is -0.915. The Morgan fingerprint density at radius 2 is 2.00 bits per heavy atom. The van der Waals surface area contributed by atoms with E-state index < -0.39 is 5.97 Å². The Hall–Kier alpha value is -2.17. The third-order valence-electron chi connectivity index (χ3n) is 2.90. The standard InChI is InChI=1S/C13H13FN2O2/c1-8-11(7-12(17)18)15-13(16(8)2)9-3-5-10(14)6-4-9/h3-6H,7H2,1-2H3,(H,17,18). The van der Waals surface area contributed by atoms with Crippen LogP contribution in [0.3, 0.4) is 0 Å². The molecule has 0 atom stereocenters. The molecule has 0 aliphatic heterocycles. The maximum atomic E-state index is 12.9. The first kappa shape index (κ1) is 12.3. The monoisotopic (exact) mass is 248 g/mol. The third kappa shape index (κ3) is 2.25. The molecule has 0 amide bonds. The van der Waals surface area contributed by atoms with E-state index in [9.17, 15) is 9.18 Å². The second kappa shape index (κ2) is 4.60. The average molecular weight is 248 g/mol. The topological polar surface area (TPSA) is 55.1 Å². The lowest BCUT2D eigenvalue weighted by Crippen LogP contribution is -2.02. The molecule has 18 heavy (non-hydrogen) atoms. The zero-order valence-electron chi connectivity index (χ0n) is 10.1. The van der Waals surface area contributed by atoms with Crippen molar-refractivity contribution in [3.8, 4) is 11.4 Å². The first-order valence-electron chi connectivity index (χ1n) is 5.49. The molecule has 1 N–H and O–H groups in total. The fraction of sp³-hybridized carbons (Fsp3) is 0.231. The van der Waals surface area contributed by atoms with Gasteiger partial charge < -0.3 is 9.67 Å². The van der Waals surface area contributed by atoms with Crippen LogP contribution in [-0.2, 0) is 18.3 Å². The van der Waals surface area contributed by atoms with Gasteiger partial charge in [0.1, 0.15) is 11.6 Å². The number of halogens is 1. The number of hydrogen-bond donors (Lipinski definition) is 1. The number of aromatic nitrogens is 2. The number of carboxylic acids is 1. The highest BCUT2D eigenvalue weighted by atomic mass is 19.1. The predicted octanol–water partition coefficient (Wildman–Crippen LogP) is 2.16. The van der Waals surface area contributed by atoms with Gasteiger partial charge in [-0.15, -0.1) is 0 Å². The molecule has 0 unspecified atom stereocenters. The van der Waals surface area contributed by atoms with E-state index in [0.29, 0.717) is 11.5 Å². The molecule has 2 rings (SSSR count). The molecule has 0 fully saturated rings. The van der Waals surface area contributed by atoms with Crippen molar-refractivity contribution in [2.24, 2.45) is 7.05 Å². The van der Waals surface area contributed by atoms with Gasteiger partial charge in [-0.25, -0.2) is 9.37 Å². The molecule has 1 heterocycles. The van der Waals surface area contributed by atoms with E-state index >= 15 is 0 Å². The number of benzene rings is 1. The van der Waals surface area contributed by atoms with E-state index in [1.165, 1.54) is 12.1 Å². The highest BCUT2D eigenvalue weighted by Gasteiger charge is 2.14. The van der Waals surface area contributed by atoms with Gasteiger partial charge in [-0.2, -0.15) is 0 Å². The lowest BCUT2D eigenvalue weighted by molar-refractivity contribution is -0.136. The molecule has 0 saturated heterocycles. The zero-order valence-corrected chi connectivity index (χ0v) is 10.1. The Morgan fingerprint density at radius 1 is 1.39 bits per heavy atom. The Balaban J connectivity index is 2.45. The van der Waals surface area contributed by atoms with E-state index in [1.54, 1.807) is 12.1 Å². The number of nitrogens with zero attached hydrogens (tertiary/aromatic N) is 2. The van der Waals surface area contributed by atoms with Gasteiger partial charge in [0.05, 0.1) is 12.1 Å². The molecule has 1 aromatic carbocycles.